The Labute approximate surface area is 160 Å². The zero-order valence-electron chi connectivity index (χ0n) is 16.4. The van der Waals surface area contributed by atoms with E-state index in [1.807, 2.05) is 33.8 Å². The molecule has 5 nitrogen and oxygen atoms in total. The molecular formula is C22H28O5. The largest absolute Gasteiger partial charge is 0.508 e. The first-order valence-electron chi connectivity index (χ1n) is 9.51. The molecule has 4 atom stereocenters. The topological polar surface area (TPSA) is 83.8 Å². The van der Waals surface area contributed by atoms with Gasteiger partial charge < -0.3 is 14.9 Å². The minimum atomic E-state index is -1.08. The lowest BCUT2D eigenvalue weighted by molar-refractivity contribution is -0.140. The third kappa shape index (κ3) is 3.29. The molecule has 0 spiro atoms. The normalized spacial score (nSPS) is 33.4. The number of hydrogen-bond donors (Lipinski definition) is 2. The van der Waals surface area contributed by atoms with Gasteiger partial charge in [-0.25, -0.2) is 4.79 Å². The summed E-state index contributed by atoms with van der Waals surface area (Å²) in [5.74, 6) is -0.922. The van der Waals surface area contributed by atoms with Crippen LogP contribution in [0.5, 0.6) is 5.75 Å². The van der Waals surface area contributed by atoms with Crippen molar-refractivity contribution in [3.05, 3.63) is 41.5 Å². The summed E-state index contributed by atoms with van der Waals surface area (Å²) in [4.78, 5) is 25.7. The number of aliphatic hydroxyl groups is 1. The van der Waals surface area contributed by atoms with Gasteiger partial charge in [0, 0.05) is 17.8 Å². The molecule has 2 aliphatic carbocycles. The lowest BCUT2D eigenvalue weighted by atomic mass is 9.67. The van der Waals surface area contributed by atoms with E-state index in [-0.39, 0.29) is 17.5 Å². The molecule has 0 aromatic heterocycles. The van der Waals surface area contributed by atoms with Gasteiger partial charge in [0.1, 0.15) is 17.6 Å². The highest BCUT2D eigenvalue weighted by molar-refractivity contribution is 5.90. The van der Waals surface area contributed by atoms with E-state index in [0.29, 0.717) is 24.8 Å². The summed E-state index contributed by atoms with van der Waals surface area (Å²) in [5.41, 5.74) is -0.633. The van der Waals surface area contributed by atoms with Gasteiger partial charge in [0.05, 0.1) is 11.2 Å². The Morgan fingerprint density at radius 1 is 1.22 bits per heavy atom. The lowest BCUT2D eigenvalue weighted by Crippen LogP contribution is -2.51. The molecule has 0 amide bonds. The first-order valence-corrected chi connectivity index (χ1v) is 9.51. The molecule has 0 saturated heterocycles. The number of hydrogen-bond acceptors (Lipinski definition) is 5. The van der Waals surface area contributed by atoms with Crippen LogP contribution in [0, 0.1) is 17.3 Å². The molecule has 0 bridgehead atoms. The van der Waals surface area contributed by atoms with Crippen molar-refractivity contribution >= 4 is 11.8 Å². The van der Waals surface area contributed by atoms with Crippen molar-refractivity contribution in [1.82, 2.24) is 0 Å². The van der Waals surface area contributed by atoms with Crippen molar-refractivity contribution in [2.45, 2.75) is 58.7 Å². The van der Waals surface area contributed by atoms with E-state index < -0.39 is 29.0 Å². The summed E-state index contributed by atoms with van der Waals surface area (Å²) in [5, 5.41) is 20.9. The maximum Gasteiger partial charge on any atom is 0.338 e. The summed E-state index contributed by atoms with van der Waals surface area (Å²) in [7, 11) is 0. The molecule has 0 heterocycles. The molecule has 1 aromatic carbocycles. The standard InChI is InChI=1S/C22H28O5/c1-13(2)22(26)10-9-21(4)18(24)12-14(3)11-17(19(21)22)27-20(25)15-5-7-16(23)8-6-15/h5-8,11,13,17,19,23,26H,9-10,12H2,1-4H3/t17-,19+,21+,22+/m1/s1. The summed E-state index contributed by atoms with van der Waals surface area (Å²) < 4.78 is 5.83. The molecule has 1 fully saturated rings. The molecule has 27 heavy (non-hydrogen) atoms. The van der Waals surface area contributed by atoms with E-state index in [1.54, 1.807) is 0 Å². The highest BCUT2D eigenvalue weighted by atomic mass is 16.5. The Morgan fingerprint density at radius 3 is 2.44 bits per heavy atom. The Morgan fingerprint density at radius 2 is 1.85 bits per heavy atom. The first kappa shape index (κ1) is 19.6. The van der Waals surface area contributed by atoms with Gasteiger partial charge in [0.15, 0.2) is 0 Å². The Balaban J connectivity index is 2.00. The summed E-state index contributed by atoms with van der Waals surface area (Å²) >= 11 is 0. The van der Waals surface area contributed by atoms with Crippen LogP contribution in [0.4, 0.5) is 0 Å². The average molecular weight is 372 g/mol. The van der Waals surface area contributed by atoms with Crippen LogP contribution in [-0.2, 0) is 9.53 Å². The number of carbonyl (C=O) groups is 2. The van der Waals surface area contributed by atoms with E-state index in [4.69, 9.17) is 4.74 Å². The lowest BCUT2D eigenvalue weighted by Gasteiger charge is -2.42. The second kappa shape index (κ2) is 6.79. The van der Waals surface area contributed by atoms with Gasteiger partial charge in [-0.05, 0) is 56.0 Å². The average Bonchev–Trinajstić information content (AvgIpc) is 2.83. The van der Waals surface area contributed by atoms with Crippen LogP contribution in [0.2, 0.25) is 0 Å². The van der Waals surface area contributed by atoms with Crippen molar-refractivity contribution in [3.63, 3.8) is 0 Å². The van der Waals surface area contributed by atoms with Crippen LogP contribution in [-0.4, -0.2) is 33.7 Å². The molecule has 0 radical (unpaired) electrons. The molecule has 3 rings (SSSR count). The number of carbonyl (C=O) groups excluding carboxylic acids is 2. The number of rotatable bonds is 3. The van der Waals surface area contributed by atoms with Crippen molar-refractivity contribution in [2.75, 3.05) is 0 Å². The maximum atomic E-state index is 13.0. The molecule has 1 saturated carbocycles. The smallest absolute Gasteiger partial charge is 0.338 e. The van der Waals surface area contributed by atoms with Crippen LogP contribution < -0.4 is 0 Å². The Hall–Kier alpha value is -2.14. The predicted molar refractivity (Wildman–Crippen MR) is 101 cm³/mol. The van der Waals surface area contributed by atoms with Gasteiger partial charge in [-0.15, -0.1) is 0 Å². The summed E-state index contributed by atoms with van der Waals surface area (Å²) in [6.45, 7) is 7.64. The number of phenolic OH excluding ortho intramolecular Hbond substituents is 1. The molecule has 0 aliphatic heterocycles. The molecule has 1 aromatic rings. The first-order chi connectivity index (χ1) is 12.6. The number of ketones is 1. The number of aromatic hydroxyl groups is 1. The summed E-state index contributed by atoms with van der Waals surface area (Å²) in [6, 6.07) is 5.86. The molecule has 2 aliphatic rings. The second-order valence-corrected chi connectivity index (χ2v) is 8.57. The van der Waals surface area contributed by atoms with Crippen molar-refractivity contribution < 1.29 is 24.5 Å². The molecule has 2 N–H and O–H groups in total. The molecule has 146 valence electrons. The van der Waals surface area contributed by atoms with Crippen LogP contribution >= 0.6 is 0 Å². The number of Topliss-reactive ketones (excluding diaryl/α,β-unsaturated/α-hetero) is 1. The van der Waals surface area contributed by atoms with Crippen LogP contribution in [0.3, 0.4) is 0 Å². The van der Waals surface area contributed by atoms with Gasteiger partial charge in [0.25, 0.3) is 0 Å². The predicted octanol–water partition coefficient (Wildman–Crippen LogP) is 3.64. The van der Waals surface area contributed by atoms with E-state index in [1.165, 1.54) is 24.3 Å². The molecular weight excluding hydrogens is 344 g/mol. The van der Waals surface area contributed by atoms with Gasteiger partial charge in [-0.1, -0.05) is 26.3 Å². The van der Waals surface area contributed by atoms with Gasteiger partial charge >= 0.3 is 5.97 Å². The van der Waals surface area contributed by atoms with Crippen molar-refractivity contribution in [1.29, 1.82) is 0 Å². The van der Waals surface area contributed by atoms with Crippen LogP contribution in [0.25, 0.3) is 0 Å². The minimum absolute atomic E-state index is 0.0694. The fourth-order valence-corrected chi connectivity index (χ4v) is 4.71. The third-order valence-corrected chi connectivity index (χ3v) is 6.47. The Kier molecular flexibility index (Phi) is 4.93. The number of ether oxygens (including phenoxy) is 1. The van der Waals surface area contributed by atoms with E-state index in [2.05, 4.69) is 0 Å². The van der Waals surface area contributed by atoms with E-state index in [0.717, 1.165) is 5.57 Å². The highest BCUT2D eigenvalue weighted by Gasteiger charge is 2.62. The number of esters is 1. The quantitative estimate of drug-likeness (QED) is 0.625. The zero-order chi connectivity index (χ0) is 20.0. The summed E-state index contributed by atoms with van der Waals surface area (Å²) in [6.07, 6.45) is 2.55. The highest BCUT2D eigenvalue weighted by Crippen LogP contribution is 2.56. The maximum absolute atomic E-state index is 13.0. The molecule has 5 heteroatoms. The fourth-order valence-electron chi connectivity index (χ4n) is 4.71. The van der Waals surface area contributed by atoms with Gasteiger partial charge in [-0.2, -0.15) is 0 Å². The number of allylic oxidation sites excluding steroid dienone is 1. The number of benzene rings is 1. The fraction of sp³-hybridized carbons (Fsp3) is 0.545. The number of phenols is 1. The van der Waals surface area contributed by atoms with Crippen LogP contribution in [0.1, 0.15) is 57.3 Å². The minimum Gasteiger partial charge on any atom is -0.508 e. The van der Waals surface area contributed by atoms with E-state index in [9.17, 15) is 19.8 Å². The Bertz CT molecular complexity index is 778. The zero-order valence-corrected chi connectivity index (χ0v) is 16.4. The monoisotopic (exact) mass is 372 g/mol. The van der Waals surface area contributed by atoms with Gasteiger partial charge in [0.2, 0.25) is 0 Å². The van der Waals surface area contributed by atoms with Crippen LogP contribution in [0.15, 0.2) is 35.9 Å². The van der Waals surface area contributed by atoms with E-state index >= 15 is 0 Å². The SMILES string of the molecule is CC1=C[C@@H](OC(=O)c2ccc(O)cc2)[C@H]2[C@@](C)(CC[C@]2(O)C(C)C)C(=O)C1. The third-order valence-electron chi connectivity index (χ3n) is 6.47. The second-order valence-electron chi connectivity index (χ2n) is 8.57. The van der Waals surface area contributed by atoms with Crippen molar-refractivity contribution in [3.8, 4) is 5.75 Å². The molecule has 0 unspecified atom stereocenters. The van der Waals surface area contributed by atoms with Gasteiger partial charge in [-0.3, -0.25) is 4.79 Å². The number of fused-ring (bicyclic) bond motifs is 1. The van der Waals surface area contributed by atoms with Crippen molar-refractivity contribution in [2.24, 2.45) is 17.3 Å².